The summed E-state index contributed by atoms with van der Waals surface area (Å²) in [5, 5.41) is 0. The van der Waals surface area contributed by atoms with E-state index >= 15 is 0 Å². The highest BCUT2D eigenvalue weighted by Gasteiger charge is 2.28. The lowest BCUT2D eigenvalue weighted by Gasteiger charge is -2.23. The zero-order chi connectivity index (χ0) is 12.0. The quantitative estimate of drug-likeness (QED) is 0.513. The van der Waals surface area contributed by atoms with Crippen LogP contribution in [0.2, 0.25) is 0 Å². The molecule has 4 nitrogen and oxygen atoms in total. The van der Waals surface area contributed by atoms with E-state index in [1.54, 1.807) is 11.9 Å². The summed E-state index contributed by atoms with van der Waals surface area (Å²) in [4.78, 5) is 24.7. The maximum atomic E-state index is 11.8. The van der Waals surface area contributed by atoms with Crippen molar-refractivity contribution in [1.82, 2.24) is 4.90 Å². The van der Waals surface area contributed by atoms with Gasteiger partial charge in [-0.2, -0.15) is 0 Å². The number of amides is 1. The molecule has 1 atom stereocenters. The average Bonchev–Trinajstić information content (AvgIpc) is 2.17. The number of hydrogen-bond donors (Lipinski definition) is 0. The smallest absolute Gasteiger partial charge is 0.318 e. The van der Waals surface area contributed by atoms with Gasteiger partial charge in [0.25, 0.3) is 0 Å². The highest BCUT2D eigenvalue weighted by atomic mass is 16.5. The molecule has 1 unspecified atom stereocenters. The zero-order valence-corrected chi connectivity index (χ0v) is 10.2. The van der Waals surface area contributed by atoms with Crippen molar-refractivity contribution < 1.29 is 14.3 Å². The first-order valence-corrected chi connectivity index (χ1v) is 5.26. The monoisotopic (exact) mass is 215 g/mol. The molecule has 0 bridgehead atoms. The largest absolute Gasteiger partial charge is 0.468 e. The van der Waals surface area contributed by atoms with Gasteiger partial charge in [-0.1, -0.05) is 20.8 Å². The molecule has 0 radical (unpaired) electrons. The number of nitrogens with zero attached hydrogens (tertiary/aromatic N) is 1. The lowest BCUT2D eigenvalue weighted by atomic mass is 10.0. The van der Waals surface area contributed by atoms with E-state index in [0.717, 1.165) is 0 Å². The van der Waals surface area contributed by atoms with Crippen LogP contribution in [-0.2, 0) is 14.3 Å². The fourth-order valence-corrected chi connectivity index (χ4v) is 1.49. The van der Waals surface area contributed by atoms with Crippen molar-refractivity contribution in [1.29, 1.82) is 0 Å². The van der Waals surface area contributed by atoms with E-state index in [1.807, 2.05) is 20.8 Å². The SMILES string of the molecule is CCC(C(=O)OC)C(=O)N(C)CC(C)C. The van der Waals surface area contributed by atoms with Gasteiger partial charge < -0.3 is 9.64 Å². The Morgan fingerprint density at radius 2 is 1.87 bits per heavy atom. The zero-order valence-electron chi connectivity index (χ0n) is 10.2. The van der Waals surface area contributed by atoms with E-state index in [2.05, 4.69) is 4.74 Å². The molecule has 0 aromatic carbocycles. The van der Waals surface area contributed by atoms with Crippen molar-refractivity contribution in [3.8, 4) is 0 Å². The first-order valence-electron chi connectivity index (χ1n) is 5.26. The Hall–Kier alpha value is -1.06. The van der Waals surface area contributed by atoms with Crippen LogP contribution in [0, 0.1) is 11.8 Å². The van der Waals surface area contributed by atoms with Gasteiger partial charge in [-0.25, -0.2) is 0 Å². The second-order valence-corrected chi connectivity index (χ2v) is 4.10. The molecule has 15 heavy (non-hydrogen) atoms. The normalized spacial score (nSPS) is 12.4. The molecule has 0 fully saturated rings. The summed E-state index contributed by atoms with van der Waals surface area (Å²) in [5.41, 5.74) is 0. The first kappa shape index (κ1) is 13.9. The van der Waals surface area contributed by atoms with Crippen LogP contribution >= 0.6 is 0 Å². The van der Waals surface area contributed by atoms with Gasteiger partial charge in [0.2, 0.25) is 5.91 Å². The fourth-order valence-electron chi connectivity index (χ4n) is 1.49. The van der Waals surface area contributed by atoms with E-state index in [1.165, 1.54) is 7.11 Å². The molecule has 0 aromatic rings. The Kier molecular flexibility index (Phi) is 5.97. The predicted octanol–water partition coefficient (Wildman–Crippen LogP) is 1.30. The molecule has 0 aliphatic rings. The van der Waals surface area contributed by atoms with Crippen LogP contribution in [0.4, 0.5) is 0 Å². The molecule has 0 aliphatic carbocycles. The molecule has 1 amide bonds. The number of esters is 1. The predicted molar refractivity (Wildman–Crippen MR) is 58.3 cm³/mol. The summed E-state index contributed by atoms with van der Waals surface area (Å²) in [6, 6.07) is 0. The van der Waals surface area contributed by atoms with Gasteiger partial charge in [-0.3, -0.25) is 9.59 Å². The minimum Gasteiger partial charge on any atom is -0.468 e. The van der Waals surface area contributed by atoms with Crippen molar-refractivity contribution in [2.75, 3.05) is 20.7 Å². The van der Waals surface area contributed by atoms with Crippen molar-refractivity contribution in [2.45, 2.75) is 27.2 Å². The van der Waals surface area contributed by atoms with Gasteiger partial charge in [0.15, 0.2) is 0 Å². The van der Waals surface area contributed by atoms with Crippen LogP contribution in [-0.4, -0.2) is 37.5 Å². The Bertz CT molecular complexity index is 226. The highest BCUT2D eigenvalue weighted by molar-refractivity contribution is 5.97. The topological polar surface area (TPSA) is 46.6 Å². The molecule has 0 saturated carbocycles. The van der Waals surface area contributed by atoms with E-state index in [9.17, 15) is 9.59 Å². The van der Waals surface area contributed by atoms with E-state index in [0.29, 0.717) is 18.9 Å². The average molecular weight is 215 g/mol. The van der Waals surface area contributed by atoms with E-state index in [4.69, 9.17) is 0 Å². The molecule has 4 heteroatoms. The minimum absolute atomic E-state index is 0.155. The standard InChI is InChI=1S/C11H21NO3/c1-6-9(11(14)15-5)10(13)12(4)7-8(2)3/h8-9H,6-7H2,1-5H3. The molecule has 0 heterocycles. The van der Waals surface area contributed by atoms with Crippen LogP contribution in [0.5, 0.6) is 0 Å². The third-order valence-corrected chi connectivity index (χ3v) is 2.21. The van der Waals surface area contributed by atoms with Crippen molar-refractivity contribution in [3.05, 3.63) is 0 Å². The van der Waals surface area contributed by atoms with Gasteiger partial charge in [0, 0.05) is 13.6 Å². The summed E-state index contributed by atoms with van der Waals surface area (Å²) in [5.74, 6) is -0.857. The molecular weight excluding hydrogens is 194 g/mol. The summed E-state index contributed by atoms with van der Waals surface area (Å²) < 4.78 is 4.59. The highest BCUT2D eigenvalue weighted by Crippen LogP contribution is 2.10. The van der Waals surface area contributed by atoms with E-state index < -0.39 is 11.9 Å². The van der Waals surface area contributed by atoms with Gasteiger partial charge in [0.05, 0.1) is 7.11 Å². The summed E-state index contributed by atoms with van der Waals surface area (Å²) in [7, 11) is 3.02. The number of hydrogen-bond acceptors (Lipinski definition) is 3. The number of ether oxygens (including phenoxy) is 1. The minimum atomic E-state index is -0.654. The second kappa shape index (κ2) is 6.43. The van der Waals surface area contributed by atoms with Crippen LogP contribution in [0.25, 0.3) is 0 Å². The summed E-state index contributed by atoms with van der Waals surface area (Å²) in [6.45, 7) is 6.53. The molecule has 88 valence electrons. The lowest BCUT2D eigenvalue weighted by molar-refractivity contribution is -0.153. The van der Waals surface area contributed by atoms with E-state index in [-0.39, 0.29) is 5.91 Å². The van der Waals surface area contributed by atoms with Crippen LogP contribution in [0.15, 0.2) is 0 Å². The van der Waals surface area contributed by atoms with Crippen molar-refractivity contribution in [2.24, 2.45) is 11.8 Å². The Morgan fingerprint density at radius 1 is 1.33 bits per heavy atom. The molecule has 0 aromatic heterocycles. The fraction of sp³-hybridized carbons (Fsp3) is 0.818. The molecule has 0 aliphatic heterocycles. The summed E-state index contributed by atoms with van der Waals surface area (Å²) in [6.07, 6.45) is 0.480. The number of carbonyl (C=O) groups excluding carboxylic acids is 2. The molecule has 0 rings (SSSR count). The number of methoxy groups -OCH3 is 1. The lowest BCUT2D eigenvalue weighted by Crippen LogP contribution is -2.39. The van der Waals surface area contributed by atoms with Gasteiger partial charge in [0.1, 0.15) is 5.92 Å². The van der Waals surface area contributed by atoms with Gasteiger partial charge >= 0.3 is 5.97 Å². The molecule has 0 saturated heterocycles. The first-order chi connectivity index (χ1) is 6.93. The van der Waals surface area contributed by atoms with Crippen LogP contribution in [0.1, 0.15) is 27.2 Å². The van der Waals surface area contributed by atoms with Crippen LogP contribution in [0.3, 0.4) is 0 Å². The summed E-state index contributed by atoms with van der Waals surface area (Å²) >= 11 is 0. The Balaban J connectivity index is 4.44. The maximum absolute atomic E-state index is 11.8. The number of rotatable bonds is 5. The third kappa shape index (κ3) is 4.32. The van der Waals surface area contributed by atoms with Crippen molar-refractivity contribution in [3.63, 3.8) is 0 Å². The van der Waals surface area contributed by atoms with Crippen molar-refractivity contribution >= 4 is 11.9 Å². The second-order valence-electron chi connectivity index (χ2n) is 4.10. The van der Waals surface area contributed by atoms with Crippen LogP contribution < -0.4 is 0 Å². The van der Waals surface area contributed by atoms with Gasteiger partial charge in [-0.05, 0) is 12.3 Å². The Morgan fingerprint density at radius 3 is 2.20 bits per heavy atom. The maximum Gasteiger partial charge on any atom is 0.318 e. The number of carbonyl (C=O) groups is 2. The third-order valence-electron chi connectivity index (χ3n) is 2.21. The molecule has 0 N–H and O–H groups in total. The molecule has 0 spiro atoms. The Labute approximate surface area is 91.6 Å². The molecular formula is C11H21NO3. The van der Waals surface area contributed by atoms with Gasteiger partial charge in [-0.15, -0.1) is 0 Å².